The van der Waals surface area contributed by atoms with E-state index in [1.807, 2.05) is 6.08 Å². The Kier molecular flexibility index (Phi) is 30.2. The van der Waals surface area contributed by atoms with Gasteiger partial charge in [-0.2, -0.15) is 0 Å². The molecule has 41 heavy (non-hydrogen) atoms. The molecule has 1 unspecified atom stereocenters. The number of aliphatic hydroxyl groups excluding tert-OH is 1. The minimum atomic E-state index is -0.823. The molecule has 0 aliphatic heterocycles. The highest BCUT2D eigenvalue weighted by Crippen LogP contribution is 2.13. The maximum absolute atomic E-state index is 12.0. The summed E-state index contributed by atoms with van der Waals surface area (Å²) < 4.78 is 10.4. The molecule has 0 aliphatic rings. The number of carbonyl (C=O) groups excluding carboxylic acids is 2. The van der Waals surface area contributed by atoms with Gasteiger partial charge in [0.25, 0.3) is 0 Å². The summed E-state index contributed by atoms with van der Waals surface area (Å²) >= 11 is 0. The van der Waals surface area contributed by atoms with Crippen LogP contribution in [0.15, 0.2) is 60.8 Å². The normalized spacial score (nSPS) is 13.0. The Morgan fingerprint density at radius 3 is 1.49 bits per heavy atom. The first-order chi connectivity index (χ1) is 20.1. The number of unbranched alkanes of at least 4 members (excludes halogenated alkanes) is 11. The molecule has 0 amide bonds. The van der Waals surface area contributed by atoms with Gasteiger partial charge in [-0.1, -0.05) is 145 Å². The van der Waals surface area contributed by atoms with E-state index < -0.39 is 12.1 Å². The smallest absolute Gasteiger partial charge is 0.310 e. The van der Waals surface area contributed by atoms with Gasteiger partial charge in [-0.15, -0.1) is 0 Å². The molecule has 0 bridgehead atoms. The van der Waals surface area contributed by atoms with Crippen molar-refractivity contribution in [2.24, 2.45) is 0 Å². The van der Waals surface area contributed by atoms with Crippen LogP contribution in [0, 0.1) is 0 Å². The summed E-state index contributed by atoms with van der Waals surface area (Å²) in [5, 5.41) is 9.47. The van der Waals surface area contributed by atoms with Crippen molar-refractivity contribution in [3.8, 4) is 0 Å². The van der Waals surface area contributed by atoms with Gasteiger partial charge >= 0.3 is 11.9 Å². The zero-order valence-electron chi connectivity index (χ0n) is 26.3. The van der Waals surface area contributed by atoms with Crippen molar-refractivity contribution < 1.29 is 24.2 Å². The topological polar surface area (TPSA) is 72.8 Å². The molecule has 1 atom stereocenters. The van der Waals surface area contributed by atoms with Crippen molar-refractivity contribution in [3.05, 3.63) is 60.8 Å². The molecule has 0 aromatic rings. The van der Waals surface area contributed by atoms with E-state index in [9.17, 15) is 14.7 Å². The van der Waals surface area contributed by atoms with E-state index in [1.165, 1.54) is 57.8 Å². The van der Waals surface area contributed by atoms with Gasteiger partial charge in [0, 0.05) is 6.42 Å². The monoisotopic (exact) mass is 572 g/mol. The zero-order valence-corrected chi connectivity index (χ0v) is 26.3. The maximum Gasteiger partial charge on any atom is 0.310 e. The fourth-order valence-corrected chi connectivity index (χ4v) is 4.16. The maximum atomic E-state index is 12.0. The minimum absolute atomic E-state index is 0.106. The Balaban J connectivity index is 3.76. The van der Waals surface area contributed by atoms with E-state index >= 15 is 0 Å². The highest BCUT2D eigenvalue weighted by atomic mass is 16.6. The molecule has 0 radical (unpaired) electrons. The van der Waals surface area contributed by atoms with E-state index in [0.29, 0.717) is 6.42 Å². The molecule has 0 saturated heterocycles. The van der Waals surface area contributed by atoms with Crippen LogP contribution in [0.3, 0.4) is 0 Å². The van der Waals surface area contributed by atoms with Crippen LogP contribution in [0.4, 0.5) is 0 Å². The predicted molar refractivity (Wildman–Crippen MR) is 173 cm³/mol. The number of hydrogen-bond donors (Lipinski definition) is 1. The van der Waals surface area contributed by atoms with Crippen molar-refractivity contribution >= 4 is 11.9 Å². The molecule has 1 N–H and O–H groups in total. The predicted octanol–water partition coefficient (Wildman–Crippen LogP) is 9.67. The van der Waals surface area contributed by atoms with Crippen molar-refractivity contribution in [1.82, 2.24) is 0 Å². The molecule has 0 aromatic carbocycles. The summed E-state index contributed by atoms with van der Waals surface area (Å²) in [5.41, 5.74) is 0. The summed E-state index contributed by atoms with van der Waals surface area (Å²) in [7, 11) is 0. The third-order valence-corrected chi connectivity index (χ3v) is 6.61. The number of rotatable bonds is 28. The fraction of sp³-hybridized carbons (Fsp3) is 0.667. The van der Waals surface area contributed by atoms with E-state index in [2.05, 4.69) is 62.5 Å². The molecule has 0 aromatic heterocycles. The van der Waals surface area contributed by atoms with E-state index in [0.717, 1.165) is 51.4 Å². The molecule has 0 aliphatic carbocycles. The molecule has 5 nitrogen and oxygen atoms in total. The van der Waals surface area contributed by atoms with Crippen LogP contribution in [0.1, 0.15) is 136 Å². The lowest BCUT2D eigenvalue weighted by Crippen LogP contribution is -2.28. The zero-order chi connectivity index (χ0) is 30.1. The van der Waals surface area contributed by atoms with Gasteiger partial charge < -0.3 is 14.6 Å². The number of allylic oxidation sites excluding steroid dienone is 9. The summed E-state index contributed by atoms with van der Waals surface area (Å²) in [4.78, 5) is 24.0. The van der Waals surface area contributed by atoms with Gasteiger partial charge in [0.2, 0.25) is 0 Å². The van der Waals surface area contributed by atoms with Crippen molar-refractivity contribution in [2.75, 3.05) is 13.2 Å². The third-order valence-electron chi connectivity index (χ3n) is 6.61. The Morgan fingerprint density at radius 2 is 1.02 bits per heavy atom. The fourth-order valence-electron chi connectivity index (χ4n) is 4.16. The van der Waals surface area contributed by atoms with E-state index in [-0.39, 0.29) is 25.6 Å². The Labute approximate surface area is 251 Å². The molecule has 0 heterocycles. The van der Waals surface area contributed by atoms with Crippen LogP contribution < -0.4 is 0 Å². The van der Waals surface area contributed by atoms with Crippen LogP contribution in [-0.4, -0.2) is 36.4 Å². The third kappa shape index (κ3) is 30.4. The Hall–Kier alpha value is -2.40. The molecule has 0 saturated carbocycles. The van der Waals surface area contributed by atoms with E-state index in [4.69, 9.17) is 9.47 Å². The molecular formula is C36H60O5. The Bertz CT molecular complexity index is 747. The lowest BCUT2D eigenvalue weighted by Gasteiger charge is -2.15. The van der Waals surface area contributed by atoms with Crippen LogP contribution in [0.5, 0.6) is 0 Å². The first kappa shape index (κ1) is 38.6. The number of ether oxygens (including phenoxy) is 2. The SMILES string of the molecule is CC/C=C\C/C=C\C/C=C\C/C=C\C/C=C\CC(=O)OC(CO)COC(=O)CCCCCCCCCCCCCC. The largest absolute Gasteiger partial charge is 0.462 e. The summed E-state index contributed by atoms with van der Waals surface area (Å²) in [6.45, 7) is 3.91. The molecule has 0 spiro atoms. The Morgan fingerprint density at radius 1 is 0.585 bits per heavy atom. The number of hydrogen-bond acceptors (Lipinski definition) is 5. The highest BCUT2D eigenvalue weighted by Gasteiger charge is 2.15. The summed E-state index contributed by atoms with van der Waals surface area (Å²) in [5.74, 6) is -0.744. The van der Waals surface area contributed by atoms with Gasteiger partial charge in [-0.25, -0.2) is 0 Å². The molecular weight excluding hydrogens is 512 g/mol. The van der Waals surface area contributed by atoms with Gasteiger partial charge in [-0.3, -0.25) is 9.59 Å². The van der Waals surface area contributed by atoms with Crippen molar-refractivity contribution in [1.29, 1.82) is 0 Å². The molecule has 5 heteroatoms. The standard InChI is InChI=1S/C36H60O5/c1-3-5-7-9-11-13-15-17-18-19-21-23-25-27-29-31-36(39)41-34(32-37)33-40-35(38)30-28-26-24-22-20-16-14-12-10-8-6-4-2/h5,7,11,13,17-18,21,23,27,29,34,37H,3-4,6,8-10,12,14-16,19-20,22,24-26,28,30-33H2,1-2H3/b7-5-,13-11-,18-17-,23-21-,29-27-. The minimum Gasteiger partial charge on any atom is -0.462 e. The van der Waals surface area contributed by atoms with Crippen LogP contribution in [-0.2, 0) is 19.1 Å². The van der Waals surface area contributed by atoms with Gasteiger partial charge in [0.05, 0.1) is 13.0 Å². The molecule has 234 valence electrons. The second-order valence-corrected chi connectivity index (χ2v) is 10.5. The summed E-state index contributed by atoms with van der Waals surface area (Å²) in [6.07, 6.45) is 40.1. The van der Waals surface area contributed by atoms with Gasteiger partial charge in [-0.05, 0) is 38.5 Å². The number of esters is 2. The quantitative estimate of drug-likeness (QED) is 0.0574. The average Bonchev–Trinajstić information content (AvgIpc) is 2.97. The second-order valence-electron chi connectivity index (χ2n) is 10.5. The number of aliphatic hydroxyl groups is 1. The van der Waals surface area contributed by atoms with Crippen LogP contribution >= 0.6 is 0 Å². The lowest BCUT2D eigenvalue weighted by atomic mass is 10.0. The van der Waals surface area contributed by atoms with E-state index in [1.54, 1.807) is 6.08 Å². The van der Waals surface area contributed by atoms with Gasteiger partial charge in [0.1, 0.15) is 6.61 Å². The lowest BCUT2D eigenvalue weighted by molar-refractivity contribution is -0.160. The van der Waals surface area contributed by atoms with Crippen molar-refractivity contribution in [3.63, 3.8) is 0 Å². The second kappa shape index (κ2) is 32.1. The molecule has 0 fully saturated rings. The molecule has 0 rings (SSSR count). The first-order valence-corrected chi connectivity index (χ1v) is 16.3. The average molecular weight is 573 g/mol. The van der Waals surface area contributed by atoms with Gasteiger partial charge in [0.15, 0.2) is 6.10 Å². The first-order valence-electron chi connectivity index (χ1n) is 16.3. The van der Waals surface area contributed by atoms with Crippen molar-refractivity contribution in [2.45, 2.75) is 142 Å². The van der Waals surface area contributed by atoms with Crippen LogP contribution in [0.2, 0.25) is 0 Å². The number of carbonyl (C=O) groups is 2. The van der Waals surface area contributed by atoms with Crippen LogP contribution in [0.25, 0.3) is 0 Å². The highest BCUT2D eigenvalue weighted by molar-refractivity contribution is 5.71. The summed E-state index contributed by atoms with van der Waals surface area (Å²) in [6, 6.07) is 0.